The maximum Gasteiger partial charge on any atom is 0.310 e. The van der Waals surface area contributed by atoms with Crippen molar-refractivity contribution in [1.29, 1.82) is 0 Å². The van der Waals surface area contributed by atoms with E-state index in [-0.39, 0.29) is 46.5 Å². The van der Waals surface area contributed by atoms with Crippen LogP contribution in [0.5, 0.6) is 0 Å². The van der Waals surface area contributed by atoms with Gasteiger partial charge in [-0.05, 0) is 49.6 Å². The molecule has 1 heterocycles. The first kappa shape index (κ1) is 19.3. The van der Waals surface area contributed by atoms with Gasteiger partial charge in [0.25, 0.3) is 5.91 Å². The smallest absolute Gasteiger partial charge is 0.310 e. The summed E-state index contributed by atoms with van der Waals surface area (Å²) in [6.45, 7) is 1.97. The monoisotopic (exact) mass is 468 g/mol. The van der Waals surface area contributed by atoms with Crippen LogP contribution in [0.1, 0.15) is 22.3 Å². The average molecular weight is 469 g/mol. The number of esters is 1. The Labute approximate surface area is 182 Å². The highest BCUT2D eigenvalue weighted by Crippen LogP contribution is 2.60. The first-order valence-electron chi connectivity index (χ1n) is 10.1. The molecule has 154 valence electrons. The third kappa shape index (κ3) is 3.12. The number of amides is 2. The number of benzene rings is 2. The second-order valence-electron chi connectivity index (χ2n) is 8.35. The average Bonchev–Trinajstić information content (AvgIpc) is 3.33. The lowest BCUT2D eigenvalue weighted by atomic mass is 9.79. The molecule has 0 aromatic heterocycles. The lowest BCUT2D eigenvalue weighted by Gasteiger charge is -2.27. The number of nitrogens with one attached hydrogen (secondary N) is 2. The SMILES string of the molecule is Cc1ccc(C(=O)Nc2cccc(NC(=O)[C@@H]3[C@H]4C[C@H]5[C@H](OC(=O)[C@H]53)[C@@H]4Br)c2)cc1. The van der Waals surface area contributed by atoms with Crippen molar-refractivity contribution < 1.29 is 19.1 Å². The van der Waals surface area contributed by atoms with Crippen molar-refractivity contribution in [1.82, 2.24) is 0 Å². The molecule has 3 aliphatic rings. The number of fused-ring (bicyclic) bond motifs is 1. The minimum atomic E-state index is -0.392. The van der Waals surface area contributed by atoms with Crippen LogP contribution in [0.15, 0.2) is 48.5 Å². The van der Waals surface area contributed by atoms with Crippen LogP contribution in [-0.2, 0) is 14.3 Å². The normalized spacial score (nSPS) is 30.8. The van der Waals surface area contributed by atoms with Gasteiger partial charge in [-0.1, -0.05) is 39.7 Å². The van der Waals surface area contributed by atoms with Gasteiger partial charge in [0.05, 0.1) is 16.7 Å². The minimum Gasteiger partial charge on any atom is -0.461 e. The zero-order chi connectivity index (χ0) is 21.0. The highest BCUT2D eigenvalue weighted by Gasteiger charge is 2.67. The molecule has 2 N–H and O–H groups in total. The molecule has 2 aromatic rings. The fraction of sp³-hybridized carbons (Fsp3) is 0.348. The topological polar surface area (TPSA) is 84.5 Å². The van der Waals surface area contributed by atoms with Crippen LogP contribution in [-0.4, -0.2) is 28.7 Å². The molecule has 0 spiro atoms. The number of carbonyl (C=O) groups excluding carboxylic acids is 3. The van der Waals surface area contributed by atoms with E-state index in [4.69, 9.17) is 4.74 Å². The molecule has 2 aromatic carbocycles. The Balaban J connectivity index is 1.29. The van der Waals surface area contributed by atoms with E-state index in [1.165, 1.54) is 0 Å². The van der Waals surface area contributed by atoms with Gasteiger partial charge in [-0.25, -0.2) is 0 Å². The molecule has 6 nitrogen and oxygen atoms in total. The van der Waals surface area contributed by atoms with Gasteiger partial charge in [0, 0.05) is 22.9 Å². The van der Waals surface area contributed by atoms with Gasteiger partial charge in [0.2, 0.25) is 5.91 Å². The highest BCUT2D eigenvalue weighted by molar-refractivity contribution is 9.09. The Bertz CT molecular complexity index is 1040. The van der Waals surface area contributed by atoms with Crippen molar-refractivity contribution in [3.05, 3.63) is 59.7 Å². The van der Waals surface area contributed by atoms with Crippen LogP contribution in [0.4, 0.5) is 11.4 Å². The first-order chi connectivity index (χ1) is 14.4. The molecule has 1 saturated heterocycles. The molecule has 0 radical (unpaired) electrons. The summed E-state index contributed by atoms with van der Waals surface area (Å²) >= 11 is 3.63. The molecule has 2 saturated carbocycles. The predicted molar refractivity (Wildman–Crippen MR) is 115 cm³/mol. The van der Waals surface area contributed by atoms with Gasteiger partial charge in [0.15, 0.2) is 0 Å². The van der Waals surface area contributed by atoms with Gasteiger partial charge >= 0.3 is 5.97 Å². The quantitative estimate of drug-likeness (QED) is 0.528. The summed E-state index contributed by atoms with van der Waals surface area (Å²) in [5.74, 6) is -1.16. The number of anilines is 2. The number of hydrogen-bond acceptors (Lipinski definition) is 4. The molecule has 0 unspecified atom stereocenters. The van der Waals surface area contributed by atoms with Crippen LogP contribution >= 0.6 is 15.9 Å². The largest absolute Gasteiger partial charge is 0.461 e. The van der Waals surface area contributed by atoms with E-state index in [2.05, 4.69) is 26.6 Å². The Morgan fingerprint density at radius 2 is 1.73 bits per heavy atom. The van der Waals surface area contributed by atoms with Crippen molar-refractivity contribution in [3.8, 4) is 0 Å². The lowest BCUT2D eigenvalue weighted by Crippen LogP contribution is -2.40. The molecule has 6 atom stereocenters. The fourth-order valence-corrected chi connectivity index (χ4v) is 6.18. The molecule has 2 bridgehead atoms. The molecular formula is C23H21BrN2O4. The van der Waals surface area contributed by atoms with Gasteiger partial charge in [0.1, 0.15) is 6.10 Å². The van der Waals surface area contributed by atoms with Crippen molar-refractivity contribution in [2.75, 3.05) is 10.6 Å². The Kier molecular flexibility index (Phi) is 4.65. The summed E-state index contributed by atoms with van der Waals surface area (Å²) < 4.78 is 5.48. The third-order valence-electron chi connectivity index (χ3n) is 6.53. The summed E-state index contributed by atoms with van der Waals surface area (Å²) in [4.78, 5) is 37.8. The highest BCUT2D eigenvalue weighted by atomic mass is 79.9. The standard InChI is InChI=1S/C23H21BrN2O4/c1-11-5-7-12(8-6-11)21(27)25-13-3-2-4-14(9-13)26-22(28)17-15-10-16-18(17)23(29)30-20(16)19(15)24/h2-9,15-20H,10H2,1H3,(H,25,27)(H,26,28)/t15-,16-,17-,18-,19-,20+/m1/s1. The Morgan fingerprint density at radius 3 is 2.47 bits per heavy atom. The molecule has 2 amide bonds. The molecule has 2 aliphatic carbocycles. The van der Waals surface area contributed by atoms with Crippen LogP contribution in [0.25, 0.3) is 0 Å². The molecule has 5 rings (SSSR count). The number of carbonyl (C=O) groups is 3. The van der Waals surface area contributed by atoms with E-state index in [9.17, 15) is 14.4 Å². The summed E-state index contributed by atoms with van der Waals surface area (Å²) in [5, 5.41) is 5.79. The van der Waals surface area contributed by atoms with E-state index < -0.39 is 5.92 Å². The Hall–Kier alpha value is -2.67. The van der Waals surface area contributed by atoms with E-state index in [1.807, 2.05) is 19.1 Å². The minimum absolute atomic E-state index is 0.0288. The summed E-state index contributed by atoms with van der Waals surface area (Å²) in [6.07, 6.45) is 0.735. The van der Waals surface area contributed by atoms with Crippen LogP contribution in [0.2, 0.25) is 0 Å². The first-order valence-corrected chi connectivity index (χ1v) is 11.0. The lowest BCUT2D eigenvalue weighted by molar-refractivity contribution is -0.145. The molecule has 7 heteroatoms. The van der Waals surface area contributed by atoms with Gasteiger partial charge in [-0.2, -0.15) is 0 Å². The number of alkyl halides is 1. The van der Waals surface area contributed by atoms with E-state index >= 15 is 0 Å². The number of hydrogen-bond donors (Lipinski definition) is 2. The predicted octanol–water partition coefficient (Wildman–Crippen LogP) is 3.76. The van der Waals surface area contributed by atoms with E-state index in [0.717, 1.165) is 12.0 Å². The number of halogens is 1. The second-order valence-corrected chi connectivity index (χ2v) is 9.41. The maximum atomic E-state index is 13.0. The van der Waals surface area contributed by atoms with Crippen LogP contribution < -0.4 is 10.6 Å². The van der Waals surface area contributed by atoms with E-state index in [1.54, 1.807) is 36.4 Å². The zero-order valence-corrected chi connectivity index (χ0v) is 17.9. The molecule has 1 aliphatic heterocycles. The molecule has 3 fully saturated rings. The van der Waals surface area contributed by atoms with Crippen molar-refractivity contribution in [3.63, 3.8) is 0 Å². The molecular weight excluding hydrogens is 448 g/mol. The number of rotatable bonds is 4. The Morgan fingerprint density at radius 1 is 1.03 bits per heavy atom. The zero-order valence-electron chi connectivity index (χ0n) is 16.3. The van der Waals surface area contributed by atoms with E-state index in [0.29, 0.717) is 16.9 Å². The number of ether oxygens (including phenoxy) is 1. The van der Waals surface area contributed by atoms with Crippen LogP contribution in [0.3, 0.4) is 0 Å². The summed E-state index contributed by atoms with van der Waals surface area (Å²) in [7, 11) is 0. The molecule has 30 heavy (non-hydrogen) atoms. The number of aryl methyl sites for hydroxylation is 1. The third-order valence-corrected chi connectivity index (χ3v) is 7.73. The van der Waals surface area contributed by atoms with Gasteiger partial charge < -0.3 is 15.4 Å². The van der Waals surface area contributed by atoms with Gasteiger partial charge in [-0.15, -0.1) is 0 Å². The second kappa shape index (κ2) is 7.23. The van der Waals surface area contributed by atoms with Crippen molar-refractivity contribution in [2.45, 2.75) is 24.3 Å². The maximum absolute atomic E-state index is 13.0. The van der Waals surface area contributed by atoms with Crippen molar-refractivity contribution >= 4 is 45.1 Å². The van der Waals surface area contributed by atoms with Gasteiger partial charge in [-0.3, -0.25) is 14.4 Å². The van der Waals surface area contributed by atoms with Crippen LogP contribution in [0, 0.1) is 30.6 Å². The summed E-state index contributed by atoms with van der Waals surface area (Å²) in [6, 6.07) is 14.4. The van der Waals surface area contributed by atoms with Crippen molar-refractivity contribution in [2.24, 2.45) is 23.7 Å². The fourth-order valence-electron chi connectivity index (χ4n) is 5.14. The summed E-state index contributed by atoms with van der Waals surface area (Å²) in [5.41, 5.74) is 2.82.